The van der Waals surface area contributed by atoms with Gasteiger partial charge in [0, 0.05) is 11.3 Å². The van der Waals surface area contributed by atoms with Gasteiger partial charge in [-0.3, -0.25) is 19.3 Å². The van der Waals surface area contributed by atoms with Crippen LogP contribution >= 0.6 is 11.3 Å². The summed E-state index contributed by atoms with van der Waals surface area (Å²) in [5.41, 5.74) is 3.79. The molecule has 2 aromatic carbocycles. The fraction of sp³-hybridized carbons (Fsp3) is 0.240. The highest BCUT2D eigenvalue weighted by molar-refractivity contribution is 7.14. The van der Waals surface area contributed by atoms with Crippen LogP contribution in [-0.4, -0.2) is 24.3 Å². The second-order valence-electron chi connectivity index (χ2n) is 7.48. The molecule has 1 aliphatic heterocycles. The van der Waals surface area contributed by atoms with Crippen molar-refractivity contribution in [1.29, 1.82) is 0 Å². The molecule has 4 rings (SSSR count). The van der Waals surface area contributed by atoms with Crippen molar-refractivity contribution in [2.45, 2.75) is 32.6 Å². The maximum Gasteiger partial charge on any atom is 0.306 e. The predicted molar refractivity (Wildman–Crippen MR) is 121 cm³/mol. The van der Waals surface area contributed by atoms with E-state index in [2.05, 4.69) is 0 Å². The molecule has 1 aromatic heterocycles. The number of nitrogens with zero attached hydrogens (tertiary/aromatic N) is 1. The topological polar surface area (TPSA) is 63.7 Å². The average Bonchev–Trinajstić information content (AvgIpc) is 3.14. The molecule has 0 N–H and O–H groups in total. The second kappa shape index (κ2) is 9.27. The first kappa shape index (κ1) is 21.0. The summed E-state index contributed by atoms with van der Waals surface area (Å²) in [6, 6.07) is 19.2. The van der Waals surface area contributed by atoms with Gasteiger partial charge in [0.2, 0.25) is 0 Å². The largest absolute Gasteiger partial charge is 0.456 e. The number of hydrogen-bond acceptors (Lipinski definition) is 5. The summed E-state index contributed by atoms with van der Waals surface area (Å²) in [6.07, 6.45) is 1.70. The van der Waals surface area contributed by atoms with Gasteiger partial charge in [-0.05, 0) is 55.2 Å². The third-order valence-electron chi connectivity index (χ3n) is 5.31. The SMILES string of the molecule is Cc1ccc(C(=O)CCC(=O)OCC(=O)N2c3ccccc3CCc3ccccc32)s1. The summed E-state index contributed by atoms with van der Waals surface area (Å²) in [5.74, 6) is -0.946. The van der Waals surface area contributed by atoms with E-state index in [-0.39, 0.29) is 31.1 Å². The number of carbonyl (C=O) groups excluding carboxylic acids is 3. The highest BCUT2D eigenvalue weighted by atomic mass is 32.1. The predicted octanol–water partition coefficient (Wildman–Crippen LogP) is 5.03. The summed E-state index contributed by atoms with van der Waals surface area (Å²) in [5, 5.41) is 0. The Labute approximate surface area is 185 Å². The number of ketones is 1. The number of aryl methyl sites for hydroxylation is 3. The van der Waals surface area contributed by atoms with E-state index in [0.29, 0.717) is 4.88 Å². The molecule has 2 heterocycles. The van der Waals surface area contributed by atoms with Gasteiger partial charge in [0.1, 0.15) is 0 Å². The zero-order valence-electron chi connectivity index (χ0n) is 17.3. The molecule has 5 nitrogen and oxygen atoms in total. The molecule has 0 saturated heterocycles. The Morgan fingerprint density at radius 1 is 0.871 bits per heavy atom. The van der Waals surface area contributed by atoms with Gasteiger partial charge in [0.25, 0.3) is 5.91 Å². The molecule has 0 atom stereocenters. The molecule has 0 spiro atoms. The van der Waals surface area contributed by atoms with E-state index in [9.17, 15) is 14.4 Å². The van der Waals surface area contributed by atoms with Crippen LogP contribution in [0.15, 0.2) is 60.7 Å². The normalized spacial score (nSPS) is 12.5. The Balaban J connectivity index is 1.42. The van der Waals surface area contributed by atoms with Crippen molar-refractivity contribution in [3.8, 4) is 0 Å². The zero-order valence-corrected chi connectivity index (χ0v) is 18.1. The van der Waals surface area contributed by atoms with E-state index in [1.165, 1.54) is 11.3 Å². The van der Waals surface area contributed by atoms with E-state index >= 15 is 0 Å². The van der Waals surface area contributed by atoms with Crippen LogP contribution in [0.3, 0.4) is 0 Å². The first-order valence-corrected chi connectivity index (χ1v) is 11.1. The molecular weight excluding hydrogens is 410 g/mol. The molecule has 158 valence electrons. The van der Waals surface area contributed by atoms with Gasteiger partial charge < -0.3 is 4.74 Å². The van der Waals surface area contributed by atoms with E-state index < -0.39 is 5.97 Å². The number of rotatable bonds is 6. The van der Waals surface area contributed by atoms with Gasteiger partial charge in [-0.2, -0.15) is 0 Å². The minimum Gasteiger partial charge on any atom is -0.456 e. The number of carbonyl (C=O) groups is 3. The minimum absolute atomic E-state index is 0.0454. The molecule has 3 aromatic rings. The lowest BCUT2D eigenvalue weighted by molar-refractivity contribution is -0.147. The molecule has 0 saturated carbocycles. The minimum atomic E-state index is -0.550. The Morgan fingerprint density at radius 3 is 2.06 bits per heavy atom. The van der Waals surface area contributed by atoms with Gasteiger partial charge in [0.05, 0.1) is 22.7 Å². The van der Waals surface area contributed by atoms with Crippen LogP contribution < -0.4 is 4.90 Å². The van der Waals surface area contributed by atoms with Crippen LogP contribution in [0, 0.1) is 6.92 Å². The van der Waals surface area contributed by atoms with Crippen LogP contribution in [0.4, 0.5) is 11.4 Å². The second-order valence-corrected chi connectivity index (χ2v) is 8.77. The Hall–Kier alpha value is -3.25. The van der Waals surface area contributed by atoms with Gasteiger partial charge >= 0.3 is 5.97 Å². The lowest BCUT2D eigenvalue weighted by atomic mass is 10.0. The standard InChI is InChI=1S/C25H23NO4S/c1-17-10-14-23(31-17)22(27)13-15-25(29)30-16-24(28)26-20-8-4-2-6-18(20)11-12-19-7-3-5-9-21(19)26/h2-10,14H,11-13,15-16H2,1H3. The van der Waals surface area contributed by atoms with Gasteiger partial charge in [-0.15, -0.1) is 11.3 Å². The third-order valence-corrected chi connectivity index (χ3v) is 6.35. The number of benzene rings is 2. The number of thiophene rings is 1. The molecule has 0 aliphatic carbocycles. The number of anilines is 2. The number of esters is 1. The fourth-order valence-electron chi connectivity index (χ4n) is 3.75. The van der Waals surface area contributed by atoms with Crippen molar-refractivity contribution < 1.29 is 19.1 Å². The van der Waals surface area contributed by atoms with Crippen molar-refractivity contribution in [2.24, 2.45) is 0 Å². The van der Waals surface area contributed by atoms with E-state index in [1.54, 1.807) is 11.0 Å². The molecule has 1 amide bonds. The molecule has 0 bridgehead atoms. The van der Waals surface area contributed by atoms with Gasteiger partial charge in [-0.1, -0.05) is 36.4 Å². The van der Waals surface area contributed by atoms with Crippen LogP contribution in [0.1, 0.15) is 38.5 Å². The molecule has 0 radical (unpaired) electrons. The number of hydrogen-bond donors (Lipinski definition) is 0. The van der Waals surface area contributed by atoms with E-state index in [4.69, 9.17) is 4.74 Å². The monoisotopic (exact) mass is 433 g/mol. The summed E-state index contributed by atoms with van der Waals surface area (Å²) < 4.78 is 5.24. The Bertz CT molecular complexity index is 1090. The Kier molecular flexibility index (Phi) is 6.28. The highest BCUT2D eigenvalue weighted by Crippen LogP contribution is 2.36. The van der Waals surface area contributed by atoms with Crippen molar-refractivity contribution in [2.75, 3.05) is 11.5 Å². The van der Waals surface area contributed by atoms with Crippen LogP contribution in [0.5, 0.6) is 0 Å². The average molecular weight is 434 g/mol. The maximum absolute atomic E-state index is 13.1. The number of Topliss-reactive ketones (excluding diaryl/α,β-unsaturated/α-hetero) is 1. The number of ether oxygens (including phenoxy) is 1. The van der Waals surface area contributed by atoms with Crippen molar-refractivity contribution in [1.82, 2.24) is 0 Å². The Morgan fingerprint density at radius 2 is 1.48 bits per heavy atom. The summed E-state index contributed by atoms with van der Waals surface area (Å²) in [7, 11) is 0. The number of para-hydroxylation sites is 2. The summed E-state index contributed by atoms with van der Waals surface area (Å²) >= 11 is 1.41. The quantitative estimate of drug-likeness (QED) is 0.404. The molecule has 0 fully saturated rings. The van der Waals surface area contributed by atoms with Crippen molar-refractivity contribution in [3.63, 3.8) is 0 Å². The summed E-state index contributed by atoms with van der Waals surface area (Å²) in [6.45, 7) is 1.56. The van der Waals surface area contributed by atoms with E-state index in [1.807, 2.05) is 61.5 Å². The van der Waals surface area contributed by atoms with Crippen molar-refractivity contribution >= 4 is 40.4 Å². The summed E-state index contributed by atoms with van der Waals surface area (Å²) in [4.78, 5) is 40.8. The molecule has 1 aliphatic rings. The van der Waals surface area contributed by atoms with Gasteiger partial charge in [-0.25, -0.2) is 0 Å². The van der Waals surface area contributed by atoms with Crippen molar-refractivity contribution in [3.05, 3.63) is 81.5 Å². The van der Waals surface area contributed by atoms with Crippen LogP contribution in [-0.2, 0) is 27.2 Å². The van der Waals surface area contributed by atoms with E-state index in [0.717, 1.165) is 40.2 Å². The first-order chi connectivity index (χ1) is 15.0. The molecule has 6 heteroatoms. The van der Waals surface area contributed by atoms with Gasteiger partial charge in [0.15, 0.2) is 12.4 Å². The maximum atomic E-state index is 13.1. The third kappa shape index (κ3) is 4.75. The van der Waals surface area contributed by atoms with Crippen LogP contribution in [0.2, 0.25) is 0 Å². The fourth-order valence-corrected chi connectivity index (χ4v) is 4.59. The molecular formula is C25H23NO4S. The lowest BCUT2D eigenvalue weighted by Gasteiger charge is -2.24. The molecule has 31 heavy (non-hydrogen) atoms. The number of amides is 1. The molecule has 0 unspecified atom stereocenters. The highest BCUT2D eigenvalue weighted by Gasteiger charge is 2.26. The smallest absolute Gasteiger partial charge is 0.306 e. The first-order valence-electron chi connectivity index (χ1n) is 10.3. The zero-order chi connectivity index (χ0) is 21.8. The lowest BCUT2D eigenvalue weighted by Crippen LogP contribution is -2.31. The van der Waals surface area contributed by atoms with Crippen LogP contribution in [0.25, 0.3) is 0 Å². The number of fused-ring (bicyclic) bond motifs is 2.